The zero-order valence-corrected chi connectivity index (χ0v) is 13.2. The summed E-state index contributed by atoms with van der Waals surface area (Å²) < 4.78 is 1.08. The Hall–Kier alpha value is -0.770. The molecule has 0 aromatic heterocycles. The Kier molecular flexibility index (Phi) is 5.49. The third kappa shape index (κ3) is 4.37. The molecule has 1 N–H and O–H groups in total. The van der Waals surface area contributed by atoms with Crippen LogP contribution in [-0.2, 0) is 6.42 Å². The number of halogens is 1. The standard InChI is InChI=1S/C16H17BrOS/c1-2-12-4-3-5-13(10-12)16(18)11-19-15-8-6-14(17)7-9-15/h3-10,16,18H,2,11H2,1H3. The number of hydrogen-bond donors (Lipinski definition) is 1. The van der Waals surface area contributed by atoms with E-state index in [1.807, 2.05) is 24.3 Å². The molecule has 0 saturated carbocycles. The van der Waals surface area contributed by atoms with E-state index in [1.54, 1.807) is 11.8 Å². The van der Waals surface area contributed by atoms with E-state index in [1.165, 1.54) is 10.5 Å². The molecule has 1 atom stereocenters. The van der Waals surface area contributed by atoms with E-state index in [9.17, 15) is 5.11 Å². The lowest BCUT2D eigenvalue weighted by molar-refractivity contribution is 0.204. The van der Waals surface area contributed by atoms with Crippen molar-refractivity contribution in [3.63, 3.8) is 0 Å². The molecule has 0 fully saturated rings. The average Bonchev–Trinajstić information content (AvgIpc) is 2.46. The minimum Gasteiger partial charge on any atom is -0.388 e. The van der Waals surface area contributed by atoms with E-state index in [2.05, 4.69) is 47.1 Å². The molecular weight excluding hydrogens is 320 g/mol. The van der Waals surface area contributed by atoms with E-state index in [0.717, 1.165) is 16.5 Å². The normalized spacial score (nSPS) is 12.4. The van der Waals surface area contributed by atoms with E-state index in [0.29, 0.717) is 5.75 Å². The van der Waals surface area contributed by atoms with Gasteiger partial charge in [-0.1, -0.05) is 47.1 Å². The highest BCUT2D eigenvalue weighted by atomic mass is 79.9. The van der Waals surface area contributed by atoms with Crippen LogP contribution in [0.3, 0.4) is 0 Å². The highest BCUT2D eigenvalue weighted by Gasteiger charge is 2.08. The molecule has 1 unspecified atom stereocenters. The van der Waals surface area contributed by atoms with Gasteiger partial charge in [0.2, 0.25) is 0 Å². The molecule has 0 aliphatic carbocycles. The van der Waals surface area contributed by atoms with Gasteiger partial charge in [0.05, 0.1) is 6.10 Å². The third-order valence-electron chi connectivity index (χ3n) is 2.97. The molecule has 2 rings (SSSR count). The predicted octanol–water partition coefficient (Wildman–Crippen LogP) is 4.84. The molecule has 3 heteroatoms. The first-order valence-corrected chi connectivity index (χ1v) is 8.12. The monoisotopic (exact) mass is 336 g/mol. The largest absolute Gasteiger partial charge is 0.388 e. The Morgan fingerprint density at radius 3 is 2.58 bits per heavy atom. The lowest BCUT2D eigenvalue weighted by atomic mass is 10.1. The third-order valence-corrected chi connectivity index (χ3v) is 4.58. The maximum absolute atomic E-state index is 10.2. The first-order valence-electron chi connectivity index (χ1n) is 6.34. The van der Waals surface area contributed by atoms with Gasteiger partial charge < -0.3 is 5.11 Å². The lowest BCUT2D eigenvalue weighted by Crippen LogP contribution is -2.01. The molecule has 19 heavy (non-hydrogen) atoms. The van der Waals surface area contributed by atoms with Gasteiger partial charge in [0, 0.05) is 15.1 Å². The van der Waals surface area contributed by atoms with Gasteiger partial charge in [-0.2, -0.15) is 0 Å². The maximum Gasteiger partial charge on any atom is 0.0884 e. The number of aliphatic hydroxyl groups excluding tert-OH is 1. The fourth-order valence-corrected chi connectivity index (χ4v) is 2.96. The van der Waals surface area contributed by atoms with Crippen LogP contribution in [0.5, 0.6) is 0 Å². The van der Waals surface area contributed by atoms with Gasteiger partial charge in [0.1, 0.15) is 0 Å². The van der Waals surface area contributed by atoms with Gasteiger partial charge >= 0.3 is 0 Å². The quantitative estimate of drug-likeness (QED) is 0.788. The summed E-state index contributed by atoms with van der Waals surface area (Å²) >= 11 is 5.09. The van der Waals surface area contributed by atoms with Gasteiger partial charge in [-0.3, -0.25) is 0 Å². The van der Waals surface area contributed by atoms with Crippen LogP contribution in [0.1, 0.15) is 24.2 Å². The van der Waals surface area contributed by atoms with Crippen molar-refractivity contribution in [2.24, 2.45) is 0 Å². The fourth-order valence-electron chi connectivity index (χ4n) is 1.82. The Bertz CT molecular complexity index is 525. The van der Waals surface area contributed by atoms with E-state index >= 15 is 0 Å². The summed E-state index contributed by atoms with van der Waals surface area (Å²) in [7, 11) is 0. The molecule has 0 radical (unpaired) electrons. The Balaban J connectivity index is 1.96. The summed E-state index contributed by atoms with van der Waals surface area (Å²) in [6.45, 7) is 2.13. The summed E-state index contributed by atoms with van der Waals surface area (Å²) in [5.41, 5.74) is 2.27. The van der Waals surface area contributed by atoms with Gasteiger partial charge in [-0.25, -0.2) is 0 Å². The number of thioether (sulfide) groups is 1. The van der Waals surface area contributed by atoms with Crippen LogP contribution >= 0.6 is 27.7 Å². The van der Waals surface area contributed by atoms with Crippen molar-refractivity contribution in [3.8, 4) is 0 Å². The molecular formula is C16H17BrOS. The van der Waals surface area contributed by atoms with Crippen LogP contribution < -0.4 is 0 Å². The minimum absolute atomic E-state index is 0.417. The second-order valence-corrected chi connectivity index (χ2v) is 6.39. The Morgan fingerprint density at radius 1 is 1.16 bits per heavy atom. The van der Waals surface area contributed by atoms with Gasteiger partial charge in [0.25, 0.3) is 0 Å². The van der Waals surface area contributed by atoms with Gasteiger partial charge in [-0.05, 0) is 41.8 Å². The number of aryl methyl sites for hydroxylation is 1. The molecule has 2 aromatic carbocycles. The number of rotatable bonds is 5. The van der Waals surface area contributed by atoms with Crippen molar-refractivity contribution >= 4 is 27.7 Å². The van der Waals surface area contributed by atoms with Crippen molar-refractivity contribution in [3.05, 3.63) is 64.1 Å². The molecule has 0 aliphatic heterocycles. The Labute approximate surface area is 127 Å². The molecule has 100 valence electrons. The van der Waals surface area contributed by atoms with Crippen LogP contribution in [0, 0.1) is 0 Å². The van der Waals surface area contributed by atoms with Crippen molar-refractivity contribution in [1.82, 2.24) is 0 Å². The van der Waals surface area contributed by atoms with Crippen LogP contribution in [0.4, 0.5) is 0 Å². The number of hydrogen-bond acceptors (Lipinski definition) is 2. The van der Waals surface area contributed by atoms with E-state index < -0.39 is 6.10 Å². The molecule has 0 saturated heterocycles. The van der Waals surface area contributed by atoms with Gasteiger partial charge in [-0.15, -0.1) is 11.8 Å². The number of aliphatic hydroxyl groups is 1. The molecule has 0 heterocycles. The van der Waals surface area contributed by atoms with Crippen molar-refractivity contribution in [2.45, 2.75) is 24.3 Å². The molecule has 1 nitrogen and oxygen atoms in total. The first kappa shape index (κ1) is 14.6. The summed E-state index contributed by atoms with van der Waals surface area (Å²) in [4.78, 5) is 1.17. The van der Waals surface area contributed by atoms with Crippen LogP contribution in [0.15, 0.2) is 57.9 Å². The molecule has 0 amide bonds. The summed E-state index contributed by atoms with van der Waals surface area (Å²) in [6.07, 6.45) is 0.584. The van der Waals surface area contributed by atoms with Crippen LogP contribution in [0.25, 0.3) is 0 Å². The Morgan fingerprint density at radius 2 is 1.89 bits per heavy atom. The molecule has 0 bridgehead atoms. The summed E-state index contributed by atoms with van der Waals surface area (Å²) in [5, 5.41) is 10.2. The molecule has 2 aromatic rings. The maximum atomic E-state index is 10.2. The smallest absolute Gasteiger partial charge is 0.0884 e. The average molecular weight is 337 g/mol. The second kappa shape index (κ2) is 7.13. The van der Waals surface area contributed by atoms with Gasteiger partial charge in [0.15, 0.2) is 0 Å². The predicted molar refractivity (Wildman–Crippen MR) is 85.6 cm³/mol. The highest BCUT2D eigenvalue weighted by molar-refractivity contribution is 9.10. The summed E-state index contributed by atoms with van der Waals surface area (Å²) in [6, 6.07) is 16.4. The van der Waals surface area contributed by atoms with Crippen LogP contribution in [0.2, 0.25) is 0 Å². The number of benzene rings is 2. The van der Waals surface area contributed by atoms with E-state index in [4.69, 9.17) is 0 Å². The van der Waals surface area contributed by atoms with Crippen molar-refractivity contribution in [1.29, 1.82) is 0 Å². The fraction of sp³-hybridized carbons (Fsp3) is 0.250. The zero-order chi connectivity index (χ0) is 13.7. The summed E-state index contributed by atoms with van der Waals surface area (Å²) in [5.74, 6) is 0.675. The van der Waals surface area contributed by atoms with Crippen molar-refractivity contribution in [2.75, 3.05) is 5.75 Å². The topological polar surface area (TPSA) is 20.2 Å². The van der Waals surface area contributed by atoms with E-state index in [-0.39, 0.29) is 0 Å². The zero-order valence-electron chi connectivity index (χ0n) is 10.8. The molecule has 0 spiro atoms. The lowest BCUT2D eigenvalue weighted by Gasteiger charge is -2.12. The van der Waals surface area contributed by atoms with Crippen LogP contribution in [-0.4, -0.2) is 10.9 Å². The first-order chi connectivity index (χ1) is 9.19. The second-order valence-electron chi connectivity index (χ2n) is 4.38. The SMILES string of the molecule is CCc1cccc(C(O)CSc2ccc(Br)cc2)c1. The highest BCUT2D eigenvalue weighted by Crippen LogP contribution is 2.26. The van der Waals surface area contributed by atoms with Crippen molar-refractivity contribution < 1.29 is 5.11 Å². The molecule has 0 aliphatic rings. The minimum atomic E-state index is -0.417.